The van der Waals surface area contributed by atoms with E-state index >= 15 is 0 Å². The van der Waals surface area contributed by atoms with E-state index < -0.39 is 48.1 Å². The third-order valence-electron chi connectivity index (χ3n) is 7.85. The topological polar surface area (TPSA) is 104 Å². The fourth-order valence-electron chi connectivity index (χ4n) is 5.43. The summed E-state index contributed by atoms with van der Waals surface area (Å²) in [5.74, 6) is -1.34. The molecule has 0 fully saturated rings. The second kappa shape index (κ2) is 14.4. The Kier molecular flexibility index (Phi) is 13.0. The van der Waals surface area contributed by atoms with Crippen LogP contribution in [0.25, 0.3) is 0 Å². The van der Waals surface area contributed by atoms with Gasteiger partial charge in [-0.1, -0.05) is 60.1 Å². The average molecular weight is 483 g/mol. The maximum absolute atomic E-state index is 12.7. The molecule has 0 spiro atoms. The highest BCUT2D eigenvalue weighted by molar-refractivity contribution is 5.96. The average Bonchev–Trinajstić information content (AvgIpc) is 2.77. The van der Waals surface area contributed by atoms with E-state index in [1.807, 2.05) is 20.8 Å². The molecule has 6 nitrogen and oxygen atoms in total. The van der Waals surface area contributed by atoms with Crippen molar-refractivity contribution in [2.75, 3.05) is 0 Å². The monoisotopic (exact) mass is 482 g/mol. The van der Waals surface area contributed by atoms with Gasteiger partial charge in [-0.3, -0.25) is 9.59 Å². The van der Waals surface area contributed by atoms with Crippen LogP contribution in [0.2, 0.25) is 0 Å². The van der Waals surface area contributed by atoms with Crippen molar-refractivity contribution >= 4 is 11.8 Å². The predicted molar refractivity (Wildman–Crippen MR) is 135 cm³/mol. The third kappa shape index (κ3) is 9.43. The highest BCUT2D eigenvalue weighted by Gasteiger charge is 2.37. The van der Waals surface area contributed by atoms with Crippen molar-refractivity contribution in [2.24, 2.45) is 35.5 Å². The standard InChI is InChI=1S/C28H50O6/c1-9-23(29)20(6)27(32)22(8)28(33)21(7)25-11-10-16(2)12-17(3)13-18(4)14-19(5)24(30)15-26(31)34-25/h10,17-23,25,27-29,32-33H,9,11-15H2,1-8H3/b16-10-. The highest BCUT2D eigenvalue weighted by atomic mass is 16.5. The molecule has 0 radical (unpaired) electrons. The number of carbonyl (C=O) groups excluding carboxylic acids is 2. The van der Waals surface area contributed by atoms with E-state index in [-0.39, 0.29) is 18.1 Å². The van der Waals surface area contributed by atoms with Crippen molar-refractivity contribution in [2.45, 2.75) is 118 Å². The lowest BCUT2D eigenvalue weighted by atomic mass is 9.79. The molecule has 1 heterocycles. The van der Waals surface area contributed by atoms with Crippen molar-refractivity contribution in [3.63, 3.8) is 0 Å². The summed E-state index contributed by atoms with van der Waals surface area (Å²) in [5.41, 5.74) is 1.22. The maximum Gasteiger partial charge on any atom is 0.313 e. The van der Waals surface area contributed by atoms with Crippen LogP contribution in [-0.2, 0) is 14.3 Å². The van der Waals surface area contributed by atoms with Crippen molar-refractivity contribution in [3.05, 3.63) is 11.6 Å². The van der Waals surface area contributed by atoms with Gasteiger partial charge in [-0.25, -0.2) is 0 Å². The molecule has 0 amide bonds. The maximum atomic E-state index is 12.7. The molecule has 10 atom stereocenters. The SMILES string of the molecule is CCC(O)C(C)C(O)C(C)C(O)C(C)C1C/C=C(/C)CC(C)CC(C)CC(C)C(=O)CC(=O)O1. The van der Waals surface area contributed by atoms with Crippen LogP contribution in [0.5, 0.6) is 0 Å². The Morgan fingerprint density at radius 1 is 0.971 bits per heavy atom. The number of aliphatic hydroxyl groups is 3. The van der Waals surface area contributed by atoms with Crippen molar-refractivity contribution in [1.29, 1.82) is 0 Å². The number of aliphatic hydroxyl groups excluding tert-OH is 3. The molecular formula is C28H50O6. The summed E-state index contributed by atoms with van der Waals surface area (Å²) in [6.45, 7) is 15.5. The summed E-state index contributed by atoms with van der Waals surface area (Å²) in [5, 5.41) is 31.9. The zero-order valence-corrected chi connectivity index (χ0v) is 22.7. The summed E-state index contributed by atoms with van der Waals surface area (Å²) in [6, 6.07) is 0. The van der Waals surface area contributed by atoms with Crippen LogP contribution in [0.4, 0.5) is 0 Å². The van der Waals surface area contributed by atoms with Crippen LogP contribution in [0, 0.1) is 35.5 Å². The van der Waals surface area contributed by atoms with Gasteiger partial charge in [-0.05, 0) is 44.4 Å². The van der Waals surface area contributed by atoms with Gasteiger partial charge >= 0.3 is 5.97 Å². The summed E-state index contributed by atoms with van der Waals surface area (Å²) in [6.07, 6.45) is 2.39. The van der Waals surface area contributed by atoms with Crippen molar-refractivity contribution < 1.29 is 29.6 Å². The quantitative estimate of drug-likeness (QED) is 0.276. The molecule has 0 saturated carbocycles. The molecular weight excluding hydrogens is 432 g/mol. The third-order valence-corrected chi connectivity index (χ3v) is 7.85. The fourth-order valence-corrected chi connectivity index (χ4v) is 5.43. The molecule has 0 aromatic carbocycles. The molecule has 3 N–H and O–H groups in total. The van der Waals surface area contributed by atoms with E-state index in [1.165, 1.54) is 5.57 Å². The minimum absolute atomic E-state index is 0.105. The van der Waals surface area contributed by atoms with Gasteiger partial charge in [0, 0.05) is 30.1 Å². The smallest absolute Gasteiger partial charge is 0.313 e. The molecule has 34 heavy (non-hydrogen) atoms. The van der Waals surface area contributed by atoms with Gasteiger partial charge in [0.05, 0.1) is 18.3 Å². The van der Waals surface area contributed by atoms with E-state index in [9.17, 15) is 24.9 Å². The van der Waals surface area contributed by atoms with Crippen molar-refractivity contribution in [1.82, 2.24) is 0 Å². The molecule has 0 aromatic rings. The van der Waals surface area contributed by atoms with E-state index in [0.29, 0.717) is 24.7 Å². The fraction of sp³-hybridized carbons (Fsp3) is 0.857. The van der Waals surface area contributed by atoms with Crippen LogP contribution in [0.15, 0.2) is 11.6 Å². The van der Waals surface area contributed by atoms with Crippen LogP contribution in [0.1, 0.15) is 93.9 Å². The Balaban J connectivity index is 3.09. The summed E-state index contributed by atoms with van der Waals surface area (Å²) >= 11 is 0. The van der Waals surface area contributed by atoms with Gasteiger partial charge in [-0.2, -0.15) is 0 Å². The van der Waals surface area contributed by atoms with Gasteiger partial charge in [0.25, 0.3) is 0 Å². The van der Waals surface area contributed by atoms with Gasteiger partial charge in [0.15, 0.2) is 0 Å². The zero-order chi connectivity index (χ0) is 26.2. The number of rotatable bonds is 7. The normalized spacial score (nSPS) is 32.9. The van der Waals surface area contributed by atoms with E-state index in [0.717, 1.165) is 19.3 Å². The molecule has 1 rings (SSSR count). The first-order chi connectivity index (χ1) is 15.8. The molecule has 0 saturated heterocycles. The van der Waals surface area contributed by atoms with Crippen LogP contribution in [-0.4, -0.2) is 51.5 Å². The van der Waals surface area contributed by atoms with Gasteiger partial charge in [0.2, 0.25) is 0 Å². The van der Waals surface area contributed by atoms with Gasteiger partial charge in [-0.15, -0.1) is 0 Å². The Bertz CT molecular complexity index is 674. The van der Waals surface area contributed by atoms with E-state index in [4.69, 9.17) is 4.74 Å². The second-order valence-electron chi connectivity index (χ2n) is 11.3. The zero-order valence-electron chi connectivity index (χ0n) is 22.7. The first kappa shape index (κ1) is 30.8. The van der Waals surface area contributed by atoms with Crippen LogP contribution >= 0.6 is 0 Å². The van der Waals surface area contributed by atoms with E-state index in [1.54, 1.807) is 13.8 Å². The molecule has 198 valence electrons. The first-order valence-electron chi connectivity index (χ1n) is 13.2. The lowest BCUT2D eigenvalue weighted by Gasteiger charge is -2.35. The number of ketones is 1. The molecule has 1 aliphatic heterocycles. The molecule has 0 bridgehead atoms. The minimum atomic E-state index is -0.943. The number of allylic oxidation sites excluding steroid dienone is 1. The number of hydrogen-bond donors (Lipinski definition) is 3. The van der Waals surface area contributed by atoms with E-state index in [2.05, 4.69) is 26.8 Å². The van der Waals surface area contributed by atoms with Crippen molar-refractivity contribution in [3.8, 4) is 0 Å². The molecule has 0 aromatic heterocycles. The molecule has 6 heteroatoms. The van der Waals surface area contributed by atoms with Crippen LogP contribution < -0.4 is 0 Å². The highest BCUT2D eigenvalue weighted by Crippen LogP contribution is 2.30. The number of esters is 1. The van der Waals surface area contributed by atoms with Crippen LogP contribution in [0.3, 0.4) is 0 Å². The number of ether oxygens (including phenoxy) is 1. The Labute approximate surface area is 207 Å². The number of cyclic esters (lactones) is 1. The minimum Gasteiger partial charge on any atom is -0.461 e. The summed E-state index contributed by atoms with van der Waals surface area (Å²) in [7, 11) is 0. The molecule has 10 unspecified atom stereocenters. The predicted octanol–water partition coefficient (Wildman–Crippen LogP) is 4.69. The molecule has 1 aliphatic rings. The lowest BCUT2D eigenvalue weighted by molar-refractivity contribution is -0.157. The molecule has 0 aliphatic carbocycles. The summed E-state index contributed by atoms with van der Waals surface area (Å²) < 4.78 is 5.76. The Morgan fingerprint density at radius 3 is 2.18 bits per heavy atom. The second-order valence-corrected chi connectivity index (χ2v) is 11.3. The summed E-state index contributed by atoms with van der Waals surface area (Å²) in [4.78, 5) is 25.3. The van der Waals surface area contributed by atoms with Gasteiger partial charge in [0.1, 0.15) is 18.3 Å². The number of hydrogen-bond acceptors (Lipinski definition) is 6. The number of Topliss-reactive ketones (excluding diaryl/α,β-unsaturated/α-hetero) is 1. The first-order valence-corrected chi connectivity index (χ1v) is 13.2. The Morgan fingerprint density at radius 2 is 1.59 bits per heavy atom. The van der Waals surface area contributed by atoms with Gasteiger partial charge < -0.3 is 20.1 Å². The lowest BCUT2D eigenvalue weighted by Crippen LogP contribution is -2.44. The Hall–Kier alpha value is -1.24. The number of carbonyl (C=O) groups is 2. The largest absolute Gasteiger partial charge is 0.461 e.